The van der Waals surface area contributed by atoms with Crippen LogP contribution >= 0.6 is 0 Å². The fraction of sp³-hybridized carbons (Fsp3) is 0.615. The molecule has 5 fully saturated rings. The lowest BCUT2D eigenvalue weighted by Gasteiger charge is -2.61. The summed E-state index contributed by atoms with van der Waals surface area (Å²) in [5, 5.41) is 7.96. The summed E-state index contributed by atoms with van der Waals surface area (Å²) in [6.45, 7) is 15.1. The van der Waals surface area contributed by atoms with E-state index in [1.807, 2.05) is 28.8 Å². The third-order valence-corrected chi connectivity index (χ3v) is 12.4. The smallest absolute Gasteiger partial charge is 0.261 e. The maximum Gasteiger partial charge on any atom is 0.261 e. The van der Waals surface area contributed by atoms with Gasteiger partial charge < -0.3 is 15.5 Å². The van der Waals surface area contributed by atoms with Crippen molar-refractivity contribution in [2.24, 2.45) is 34.1 Å². The Labute approximate surface area is 279 Å². The van der Waals surface area contributed by atoms with Gasteiger partial charge in [-0.3, -0.25) is 9.36 Å². The molecule has 2 heterocycles. The summed E-state index contributed by atoms with van der Waals surface area (Å²) in [6, 6.07) is 13.3. The van der Waals surface area contributed by atoms with Crippen LogP contribution < -0.4 is 16.2 Å². The number of halogens is 1. The van der Waals surface area contributed by atoms with Crippen LogP contribution in [0.4, 0.5) is 10.1 Å². The van der Waals surface area contributed by atoms with Crippen LogP contribution in [-0.2, 0) is 13.0 Å². The summed E-state index contributed by atoms with van der Waals surface area (Å²) in [4.78, 5) is 27.3. The minimum Gasteiger partial charge on any atom is -0.340 e. The molecule has 2 bridgehead atoms. The van der Waals surface area contributed by atoms with E-state index >= 15 is 0 Å². The standard InChI is InChI=1S/C39H53FN6O/c1-24-6-10-28(11-7-24)36-43-35-22-31(14-15-32(35)37(47)46(36)18-16-27-8-12-30(40)13-9-27)42-38(45-19-17-41-25(2)23-45)44-34-21-29-20-33(26(34)3)39(29,4)5/h8-9,12-15,22,24-26,28-29,33-34,41H,6-7,10-11,16-21,23H2,1-5H3,(H,42,44)/t24?,25-,26-,28?,29+,33-,34?/m0/s1. The van der Waals surface area contributed by atoms with Crippen LogP contribution in [0.5, 0.6) is 0 Å². The van der Waals surface area contributed by atoms with Crippen molar-refractivity contribution in [2.75, 3.05) is 25.0 Å². The molecular formula is C39H53FN6O. The van der Waals surface area contributed by atoms with Gasteiger partial charge in [0.1, 0.15) is 11.6 Å². The van der Waals surface area contributed by atoms with Crippen LogP contribution in [0.1, 0.15) is 90.4 Å². The summed E-state index contributed by atoms with van der Waals surface area (Å²) in [7, 11) is 0. The number of benzene rings is 2. The molecule has 0 spiro atoms. The number of anilines is 1. The van der Waals surface area contributed by atoms with E-state index in [1.54, 1.807) is 0 Å². The summed E-state index contributed by atoms with van der Waals surface area (Å²) >= 11 is 0. The van der Waals surface area contributed by atoms with Crippen molar-refractivity contribution in [3.8, 4) is 0 Å². The molecule has 47 heavy (non-hydrogen) atoms. The van der Waals surface area contributed by atoms with E-state index in [0.717, 1.165) is 92.1 Å². The number of aromatic nitrogens is 2. The Morgan fingerprint density at radius 3 is 2.53 bits per heavy atom. The van der Waals surface area contributed by atoms with Crippen molar-refractivity contribution < 1.29 is 4.39 Å². The molecule has 5 atom stereocenters. The molecule has 2 aromatic carbocycles. The minimum absolute atomic E-state index is 0.0139. The van der Waals surface area contributed by atoms with E-state index in [2.05, 4.69) is 56.2 Å². The van der Waals surface area contributed by atoms with Gasteiger partial charge in [0.05, 0.1) is 16.9 Å². The lowest BCUT2D eigenvalue weighted by molar-refractivity contribution is -0.108. The molecule has 8 heteroatoms. The lowest BCUT2D eigenvalue weighted by atomic mass is 9.45. The van der Waals surface area contributed by atoms with E-state index in [1.165, 1.54) is 18.6 Å². The van der Waals surface area contributed by atoms with Gasteiger partial charge in [0, 0.05) is 43.8 Å². The highest BCUT2D eigenvalue weighted by atomic mass is 19.1. The summed E-state index contributed by atoms with van der Waals surface area (Å²) < 4.78 is 15.5. The Hall–Kier alpha value is -3.26. The number of hydrogen-bond acceptors (Lipinski definition) is 4. The molecule has 7 nitrogen and oxygen atoms in total. The number of fused-ring (bicyclic) bond motifs is 3. The first-order chi connectivity index (χ1) is 22.6. The van der Waals surface area contributed by atoms with E-state index < -0.39 is 0 Å². The van der Waals surface area contributed by atoms with Crippen LogP contribution in [0.15, 0.2) is 52.3 Å². The third-order valence-electron chi connectivity index (χ3n) is 12.4. The number of aliphatic imine (C=N–C) groups is 1. The Morgan fingerprint density at radius 2 is 1.83 bits per heavy atom. The fourth-order valence-corrected chi connectivity index (χ4v) is 9.15. The molecule has 1 aliphatic heterocycles. The average Bonchev–Trinajstić information content (AvgIpc) is 3.05. The molecule has 1 saturated heterocycles. The van der Waals surface area contributed by atoms with E-state index in [0.29, 0.717) is 47.7 Å². The van der Waals surface area contributed by atoms with Crippen molar-refractivity contribution in [1.29, 1.82) is 0 Å². The molecule has 5 aliphatic rings. The molecule has 1 aromatic heterocycles. The monoisotopic (exact) mass is 640 g/mol. The first kappa shape index (κ1) is 32.3. The molecular weight excluding hydrogens is 587 g/mol. The largest absolute Gasteiger partial charge is 0.340 e. The third kappa shape index (κ3) is 6.47. The predicted molar refractivity (Wildman–Crippen MR) is 190 cm³/mol. The van der Waals surface area contributed by atoms with Gasteiger partial charge in [-0.1, -0.05) is 52.7 Å². The normalized spacial score (nSPS) is 30.6. The van der Waals surface area contributed by atoms with Crippen LogP contribution in [0, 0.1) is 34.9 Å². The quantitative estimate of drug-likeness (QED) is 0.220. The van der Waals surface area contributed by atoms with E-state index in [-0.39, 0.29) is 17.3 Å². The molecule has 4 aliphatic carbocycles. The van der Waals surface area contributed by atoms with Crippen LogP contribution in [-0.4, -0.2) is 52.1 Å². The highest BCUT2D eigenvalue weighted by Gasteiger charge is 2.56. The second-order valence-electron chi connectivity index (χ2n) is 15.9. The molecule has 252 valence electrons. The lowest BCUT2D eigenvalue weighted by Crippen LogP contribution is -2.57. The van der Waals surface area contributed by atoms with Crippen molar-refractivity contribution in [3.05, 3.63) is 70.0 Å². The molecule has 0 radical (unpaired) electrons. The Morgan fingerprint density at radius 1 is 1.06 bits per heavy atom. The minimum atomic E-state index is -0.242. The van der Waals surface area contributed by atoms with Crippen molar-refractivity contribution >= 4 is 22.5 Å². The molecule has 8 rings (SSSR count). The highest BCUT2D eigenvalue weighted by Crippen LogP contribution is 2.61. The molecule has 0 amide bonds. The van der Waals surface area contributed by atoms with Gasteiger partial charge in [-0.25, -0.2) is 14.4 Å². The van der Waals surface area contributed by atoms with Gasteiger partial charge >= 0.3 is 0 Å². The van der Waals surface area contributed by atoms with Gasteiger partial charge in [0.2, 0.25) is 0 Å². The fourth-order valence-electron chi connectivity index (χ4n) is 9.15. The Kier molecular flexibility index (Phi) is 8.92. The number of guanidine groups is 1. The zero-order valence-electron chi connectivity index (χ0n) is 28.9. The Balaban J connectivity index is 1.21. The SMILES string of the molecule is CC1CCC(c2nc3cc(N/C(=N/C4C[C@H]5C[C@@H]([C@@H]4C)C5(C)C)N4CCN[C@@H](C)C4)ccc3c(=O)n2CCc2ccc(F)cc2)CC1. The van der Waals surface area contributed by atoms with E-state index in [4.69, 9.17) is 9.98 Å². The number of rotatable bonds is 6. The van der Waals surface area contributed by atoms with E-state index in [9.17, 15) is 9.18 Å². The van der Waals surface area contributed by atoms with Crippen molar-refractivity contribution in [3.63, 3.8) is 0 Å². The summed E-state index contributed by atoms with van der Waals surface area (Å²) in [6.07, 6.45) is 7.54. The number of nitrogens with zero attached hydrogens (tertiary/aromatic N) is 4. The topological polar surface area (TPSA) is 74.6 Å². The number of aryl methyl sites for hydroxylation is 1. The number of hydrogen-bond donors (Lipinski definition) is 2. The zero-order chi connectivity index (χ0) is 32.9. The summed E-state index contributed by atoms with van der Waals surface area (Å²) in [5.41, 5.74) is 3.12. The maximum absolute atomic E-state index is 14.1. The first-order valence-corrected chi connectivity index (χ1v) is 18.2. The average molecular weight is 641 g/mol. The second kappa shape index (κ2) is 13.0. The summed E-state index contributed by atoms with van der Waals surface area (Å²) in [5.74, 6) is 4.60. The molecule has 4 saturated carbocycles. The number of nitrogens with one attached hydrogen (secondary N) is 2. The van der Waals surface area contributed by atoms with Gasteiger partial charge in [-0.15, -0.1) is 0 Å². The molecule has 2 N–H and O–H groups in total. The van der Waals surface area contributed by atoms with Crippen LogP contribution in [0.25, 0.3) is 10.9 Å². The molecule has 3 aromatic rings. The highest BCUT2D eigenvalue weighted by molar-refractivity contribution is 5.96. The van der Waals surface area contributed by atoms with Gasteiger partial charge in [0.25, 0.3) is 5.56 Å². The first-order valence-electron chi connectivity index (χ1n) is 18.2. The maximum atomic E-state index is 14.1. The second-order valence-corrected chi connectivity index (χ2v) is 15.9. The van der Waals surface area contributed by atoms with Gasteiger partial charge in [0.15, 0.2) is 5.96 Å². The predicted octanol–water partition coefficient (Wildman–Crippen LogP) is 7.20. The number of piperazine rings is 1. The van der Waals surface area contributed by atoms with Crippen LogP contribution in [0.2, 0.25) is 0 Å². The van der Waals surface area contributed by atoms with Gasteiger partial charge in [-0.2, -0.15) is 0 Å². The van der Waals surface area contributed by atoms with Crippen LogP contribution in [0.3, 0.4) is 0 Å². The molecule has 1 unspecified atom stereocenters. The van der Waals surface area contributed by atoms with Crippen molar-refractivity contribution in [1.82, 2.24) is 19.8 Å². The zero-order valence-corrected chi connectivity index (χ0v) is 28.9. The van der Waals surface area contributed by atoms with Crippen molar-refractivity contribution in [2.45, 2.75) is 104 Å². The van der Waals surface area contributed by atoms with Gasteiger partial charge in [-0.05, 0) is 104 Å². The Bertz CT molecular complexity index is 1670.